The van der Waals surface area contributed by atoms with Gasteiger partial charge in [-0.05, 0) is 49.4 Å². The number of rotatable bonds is 6. The van der Waals surface area contributed by atoms with E-state index in [9.17, 15) is 18.4 Å². The number of hydrogen-bond donors (Lipinski definition) is 1. The molecule has 1 N–H and O–H groups in total. The van der Waals surface area contributed by atoms with Crippen molar-refractivity contribution in [1.29, 1.82) is 0 Å². The lowest BCUT2D eigenvalue weighted by molar-refractivity contribution is -0.155. The van der Waals surface area contributed by atoms with Gasteiger partial charge in [-0.3, -0.25) is 4.79 Å². The highest BCUT2D eigenvalue weighted by molar-refractivity contribution is 6.33. The van der Waals surface area contributed by atoms with Crippen LogP contribution in [0.1, 0.15) is 6.92 Å². The van der Waals surface area contributed by atoms with E-state index in [-0.39, 0.29) is 16.5 Å². The molecule has 0 aliphatic carbocycles. The third-order valence-corrected chi connectivity index (χ3v) is 3.35. The van der Waals surface area contributed by atoms with Gasteiger partial charge in [-0.15, -0.1) is 0 Å². The maximum absolute atomic E-state index is 13.0. The number of carbonyl (C=O) groups is 2. The molecule has 2 aromatic rings. The molecule has 0 fully saturated rings. The average molecular weight is 370 g/mol. The summed E-state index contributed by atoms with van der Waals surface area (Å²) in [6, 6.07) is 8.55. The van der Waals surface area contributed by atoms with Gasteiger partial charge in [0.25, 0.3) is 5.91 Å². The Hall–Kier alpha value is -2.67. The van der Waals surface area contributed by atoms with Crippen LogP contribution in [-0.4, -0.2) is 24.6 Å². The molecular weight excluding hydrogens is 356 g/mol. The van der Waals surface area contributed by atoms with Gasteiger partial charge in [-0.2, -0.15) is 0 Å². The zero-order valence-corrected chi connectivity index (χ0v) is 13.8. The molecule has 2 aromatic carbocycles. The first kappa shape index (κ1) is 18.7. The number of amides is 1. The van der Waals surface area contributed by atoms with Gasteiger partial charge in [0.15, 0.2) is 12.7 Å². The molecule has 1 amide bonds. The summed E-state index contributed by atoms with van der Waals surface area (Å²) in [5.41, 5.74) is 0.193. The fourth-order valence-corrected chi connectivity index (χ4v) is 2.00. The molecule has 0 aromatic heterocycles. The predicted molar refractivity (Wildman–Crippen MR) is 87.5 cm³/mol. The SMILES string of the molecule is C[C@H](OC(=O)COc1ccc(F)cc1)C(=O)Nc1ccc(F)cc1Cl. The van der Waals surface area contributed by atoms with E-state index in [0.717, 1.165) is 12.1 Å². The number of nitrogens with one attached hydrogen (secondary N) is 1. The highest BCUT2D eigenvalue weighted by Gasteiger charge is 2.19. The smallest absolute Gasteiger partial charge is 0.344 e. The Morgan fingerprint density at radius 2 is 1.76 bits per heavy atom. The number of carbonyl (C=O) groups excluding carboxylic acids is 2. The van der Waals surface area contributed by atoms with Crippen LogP contribution >= 0.6 is 11.6 Å². The second-order valence-electron chi connectivity index (χ2n) is 4.99. The summed E-state index contributed by atoms with van der Waals surface area (Å²) >= 11 is 5.80. The molecule has 0 bridgehead atoms. The van der Waals surface area contributed by atoms with E-state index in [4.69, 9.17) is 21.1 Å². The Kier molecular flexibility index (Phi) is 6.30. The average Bonchev–Trinajstić information content (AvgIpc) is 2.56. The van der Waals surface area contributed by atoms with Crippen LogP contribution in [0.3, 0.4) is 0 Å². The van der Waals surface area contributed by atoms with Gasteiger partial charge in [-0.1, -0.05) is 11.6 Å². The molecular formula is C17H14ClF2NO4. The van der Waals surface area contributed by atoms with E-state index in [2.05, 4.69) is 5.32 Å². The Morgan fingerprint density at radius 3 is 2.40 bits per heavy atom. The standard InChI is InChI=1S/C17H14ClF2NO4/c1-10(17(23)21-15-7-4-12(20)8-14(15)18)25-16(22)9-24-13-5-2-11(19)3-6-13/h2-8,10H,9H2,1H3,(H,21,23)/t10-/m0/s1. The van der Waals surface area contributed by atoms with Crippen LogP contribution in [0, 0.1) is 11.6 Å². The molecule has 0 saturated carbocycles. The molecule has 0 aliphatic rings. The van der Waals surface area contributed by atoms with E-state index < -0.39 is 36.2 Å². The summed E-state index contributed by atoms with van der Waals surface area (Å²) < 4.78 is 35.8. The Balaban J connectivity index is 1.83. The highest BCUT2D eigenvalue weighted by Crippen LogP contribution is 2.22. The lowest BCUT2D eigenvalue weighted by Crippen LogP contribution is -2.31. The minimum Gasteiger partial charge on any atom is -0.482 e. The summed E-state index contributed by atoms with van der Waals surface area (Å²) in [5.74, 6) is -2.10. The molecule has 132 valence electrons. The normalized spacial score (nSPS) is 11.5. The zero-order chi connectivity index (χ0) is 18.4. The molecule has 0 saturated heterocycles. The number of halogens is 3. The molecule has 8 heteroatoms. The summed E-state index contributed by atoms with van der Waals surface area (Å²) in [4.78, 5) is 23.7. The van der Waals surface area contributed by atoms with Crippen molar-refractivity contribution in [1.82, 2.24) is 0 Å². The van der Waals surface area contributed by atoms with Crippen molar-refractivity contribution >= 4 is 29.2 Å². The largest absolute Gasteiger partial charge is 0.482 e. The first-order chi connectivity index (χ1) is 11.8. The van der Waals surface area contributed by atoms with Crippen LogP contribution in [0.4, 0.5) is 14.5 Å². The van der Waals surface area contributed by atoms with Crippen molar-refractivity contribution in [3.05, 3.63) is 59.1 Å². The molecule has 5 nitrogen and oxygen atoms in total. The summed E-state index contributed by atoms with van der Waals surface area (Å²) in [6.45, 7) is 0.920. The van der Waals surface area contributed by atoms with Gasteiger partial charge >= 0.3 is 5.97 Å². The van der Waals surface area contributed by atoms with Crippen molar-refractivity contribution in [3.8, 4) is 5.75 Å². The van der Waals surface area contributed by atoms with Crippen LogP contribution in [0.15, 0.2) is 42.5 Å². The first-order valence-corrected chi connectivity index (χ1v) is 7.56. The summed E-state index contributed by atoms with van der Waals surface area (Å²) in [6.07, 6.45) is -1.12. The van der Waals surface area contributed by atoms with Crippen LogP contribution < -0.4 is 10.1 Å². The third-order valence-electron chi connectivity index (χ3n) is 3.04. The maximum Gasteiger partial charge on any atom is 0.344 e. The summed E-state index contributed by atoms with van der Waals surface area (Å²) in [5, 5.41) is 2.45. The summed E-state index contributed by atoms with van der Waals surface area (Å²) in [7, 11) is 0. The van der Waals surface area contributed by atoms with E-state index in [1.807, 2.05) is 0 Å². The maximum atomic E-state index is 13.0. The van der Waals surface area contributed by atoms with Gasteiger partial charge in [0.2, 0.25) is 0 Å². The Bertz CT molecular complexity index is 768. The molecule has 0 spiro atoms. The van der Waals surface area contributed by atoms with Gasteiger partial charge in [-0.25, -0.2) is 13.6 Å². The second-order valence-corrected chi connectivity index (χ2v) is 5.40. The molecule has 0 heterocycles. The molecule has 0 aliphatic heterocycles. The van der Waals surface area contributed by atoms with E-state index >= 15 is 0 Å². The van der Waals surface area contributed by atoms with Gasteiger partial charge in [0.05, 0.1) is 10.7 Å². The van der Waals surface area contributed by atoms with Crippen molar-refractivity contribution < 1.29 is 27.8 Å². The van der Waals surface area contributed by atoms with Crippen molar-refractivity contribution in [2.45, 2.75) is 13.0 Å². The van der Waals surface area contributed by atoms with E-state index in [0.29, 0.717) is 0 Å². The van der Waals surface area contributed by atoms with Gasteiger partial charge < -0.3 is 14.8 Å². The molecule has 25 heavy (non-hydrogen) atoms. The lowest BCUT2D eigenvalue weighted by Gasteiger charge is -2.14. The van der Waals surface area contributed by atoms with Crippen LogP contribution in [0.25, 0.3) is 0 Å². The highest BCUT2D eigenvalue weighted by atomic mass is 35.5. The molecule has 0 radical (unpaired) electrons. The van der Waals surface area contributed by atoms with Gasteiger partial charge in [0, 0.05) is 0 Å². The third kappa shape index (κ3) is 5.72. The monoisotopic (exact) mass is 369 g/mol. The van der Waals surface area contributed by atoms with Crippen molar-refractivity contribution in [2.75, 3.05) is 11.9 Å². The Labute approximate surface area is 147 Å². The molecule has 1 atom stereocenters. The predicted octanol–water partition coefficient (Wildman–Crippen LogP) is 3.57. The minimum absolute atomic E-state index is 0.0199. The van der Waals surface area contributed by atoms with Crippen LogP contribution in [-0.2, 0) is 14.3 Å². The first-order valence-electron chi connectivity index (χ1n) is 7.19. The molecule has 0 unspecified atom stereocenters. The zero-order valence-electron chi connectivity index (χ0n) is 13.1. The van der Waals surface area contributed by atoms with E-state index in [1.165, 1.54) is 37.3 Å². The minimum atomic E-state index is -1.12. The van der Waals surface area contributed by atoms with Crippen molar-refractivity contribution in [3.63, 3.8) is 0 Å². The number of hydrogen-bond acceptors (Lipinski definition) is 4. The quantitative estimate of drug-likeness (QED) is 0.791. The van der Waals surface area contributed by atoms with Crippen LogP contribution in [0.5, 0.6) is 5.75 Å². The second kappa shape index (κ2) is 8.43. The fourth-order valence-electron chi connectivity index (χ4n) is 1.78. The Morgan fingerprint density at radius 1 is 1.12 bits per heavy atom. The van der Waals surface area contributed by atoms with Gasteiger partial charge in [0.1, 0.15) is 17.4 Å². The number of esters is 1. The number of benzene rings is 2. The topological polar surface area (TPSA) is 64.6 Å². The van der Waals surface area contributed by atoms with Crippen LogP contribution in [0.2, 0.25) is 5.02 Å². The lowest BCUT2D eigenvalue weighted by atomic mass is 10.3. The van der Waals surface area contributed by atoms with E-state index in [1.54, 1.807) is 0 Å². The fraction of sp³-hybridized carbons (Fsp3) is 0.176. The number of anilines is 1. The van der Waals surface area contributed by atoms with Crippen molar-refractivity contribution in [2.24, 2.45) is 0 Å². The number of ether oxygens (including phenoxy) is 2. The molecule has 2 rings (SSSR count).